The number of thiophene rings is 1. The van der Waals surface area contributed by atoms with E-state index < -0.39 is 0 Å². The van der Waals surface area contributed by atoms with E-state index in [2.05, 4.69) is 17.5 Å². The predicted octanol–water partition coefficient (Wildman–Crippen LogP) is 3.23. The van der Waals surface area contributed by atoms with Gasteiger partial charge in [-0.2, -0.15) is 5.10 Å². The van der Waals surface area contributed by atoms with E-state index in [1.165, 1.54) is 10.4 Å². The highest BCUT2D eigenvalue weighted by Gasteiger charge is 2.22. The van der Waals surface area contributed by atoms with E-state index in [4.69, 9.17) is 4.42 Å². The van der Waals surface area contributed by atoms with Gasteiger partial charge in [-0.15, -0.1) is 11.3 Å². The van der Waals surface area contributed by atoms with E-state index in [9.17, 15) is 4.79 Å². The van der Waals surface area contributed by atoms with E-state index >= 15 is 0 Å². The number of furan rings is 1. The molecule has 104 valence electrons. The first-order valence-electron chi connectivity index (χ1n) is 6.69. The first-order valence-corrected chi connectivity index (χ1v) is 7.57. The molecule has 0 spiro atoms. The summed E-state index contributed by atoms with van der Waals surface area (Å²) in [7, 11) is 0. The molecule has 2 aromatic rings. The van der Waals surface area contributed by atoms with Gasteiger partial charge in [0.25, 0.3) is 5.91 Å². The van der Waals surface area contributed by atoms with Gasteiger partial charge in [-0.05, 0) is 36.8 Å². The zero-order valence-corrected chi connectivity index (χ0v) is 12.1. The van der Waals surface area contributed by atoms with Crippen molar-refractivity contribution in [1.82, 2.24) is 5.43 Å². The summed E-state index contributed by atoms with van der Waals surface area (Å²) in [5.74, 6) is 0.591. The lowest BCUT2D eigenvalue weighted by Crippen LogP contribution is -2.20. The lowest BCUT2D eigenvalue weighted by atomic mass is 9.88. The second-order valence-electron chi connectivity index (χ2n) is 5.15. The molecule has 0 saturated carbocycles. The number of nitrogens with zero attached hydrogens (tertiary/aromatic N) is 1. The van der Waals surface area contributed by atoms with Crippen molar-refractivity contribution in [2.45, 2.75) is 26.2 Å². The van der Waals surface area contributed by atoms with Crippen LogP contribution in [0.4, 0.5) is 0 Å². The summed E-state index contributed by atoms with van der Waals surface area (Å²) in [4.78, 5) is 13.5. The highest BCUT2D eigenvalue weighted by atomic mass is 32.1. The third-order valence-corrected chi connectivity index (χ3v) is 4.62. The maximum absolute atomic E-state index is 12.1. The Bertz CT molecular complexity index is 628. The number of nitrogens with one attached hydrogen (secondary N) is 1. The van der Waals surface area contributed by atoms with Crippen LogP contribution in [0.15, 0.2) is 33.5 Å². The fourth-order valence-electron chi connectivity index (χ4n) is 2.44. The van der Waals surface area contributed by atoms with Crippen LogP contribution < -0.4 is 5.43 Å². The molecule has 1 aliphatic rings. The molecule has 2 aromatic heterocycles. The largest absolute Gasteiger partial charge is 0.472 e. The molecule has 1 N–H and O–H groups in total. The van der Waals surface area contributed by atoms with Crippen molar-refractivity contribution in [3.63, 3.8) is 0 Å². The lowest BCUT2D eigenvalue weighted by Gasteiger charge is -2.18. The van der Waals surface area contributed by atoms with Gasteiger partial charge in [-0.3, -0.25) is 4.79 Å². The Morgan fingerprint density at radius 2 is 2.50 bits per heavy atom. The number of hydrazone groups is 1. The fourth-order valence-corrected chi connectivity index (χ4v) is 3.69. The van der Waals surface area contributed by atoms with Gasteiger partial charge in [-0.1, -0.05) is 6.92 Å². The molecule has 0 aliphatic heterocycles. The fraction of sp³-hybridized carbons (Fsp3) is 0.333. The van der Waals surface area contributed by atoms with Crippen molar-refractivity contribution in [3.05, 3.63) is 45.5 Å². The first-order chi connectivity index (χ1) is 9.74. The molecule has 2 heterocycles. The highest BCUT2D eigenvalue weighted by molar-refractivity contribution is 7.10. The van der Waals surface area contributed by atoms with Gasteiger partial charge in [0.2, 0.25) is 0 Å². The molecule has 0 fully saturated rings. The van der Waals surface area contributed by atoms with Crippen LogP contribution in [0.2, 0.25) is 0 Å². The minimum absolute atomic E-state index is 0.128. The third-order valence-electron chi connectivity index (χ3n) is 3.57. The van der Waals surface area contributed by atoms with Crippen molar-refractivity contribution < 1.29 is 9.21 Å². The summed E-state index contributed by atoms with van der Waals surface area (Å²) in [5.41, 5.74) is 5.40. The summed E-state index contributed by atoms with van der Waals surface area (Å²) in [6.45, 7) is 2.26. The molecule has 0 bridgehead atoms. The van der Waals surface area contributed by atoms with E-state index in [1.54, 1.807) is 36.1 Å². The van der Waals surface area contributed by atoms with Crippen molar-refractivity contribution in [2.24, 2.45) is 11.0 Å². The Hall–Kier alpha value is -1.88. The molecule has 1 amide bonds. The summed E-state index contributed by atoms with van der Waals surface area (Å²) >= 11 is 1.69. The Labute approximate surface area is 121 Å². The van der Waals surface area contributed by atoms with Crippen LogP contribution in [-0.4, -0.2) is 12.1 Å². The van der Waals surface area contributed by atoms with Gasteiger partial charge in [0.1, 0.15) is 0 Å². The SMILES string of the molecule is CC1CCc2c(C(=O)NN=Cc3ccoc3)csc2C1. The van der Waals surface area contributed by atoms with Crippen LogP contribution in [0.25, 0.3) is 0 Å². The van der Waals surface area contributed by atoms with E-state index in [-0.39, 0.29) is 5.91 Å². The lowest BCUT2D eigenvalue weighted by molar-refractivity contribution is 0.0954. The number of carbonyl (C=O) groups excluding carboxylic acids is 1. The Morgan fingerprint density at radius 1 is 1.60 bits per heavy atom. The molecular weight excluding hydrogens is 272 g/mol. The molecule has 4 nitrogen and oxygen atoms in total. The Morgan fingerprint density at radius 3 is 3.30 bits per heavy atom. The standard InChI is InChI=1S/C15H16N2O2S/c1-10-2-3-12-13(9-20-14(12)6-10)15(18)17-16-7-11-4-5-19-8-11/h4-5,7-10H,2-3,6H2,1H3,(H,17,18). The Kier molecular flexibility index (Phi) is 3.69. The molecular formula is C15H16N2O2S. The van der Waals surface area contributed by atoms with Crippen molar-refractivity contribution in [2.75, 3.05) is 0 Å². The van der Waals surface area contributed by atoms with E-state index in [0.717, 1.165) is 36.3 Å². The molecule has 0 radical (unpaired) electrons. The second-order valence-corrected chi connectivity index (χ2v) is 6.12. The number of hydrogen-bond acceptors (Lipinski definition) is 4. The van der Waals surface area contributed by atoms with Crippen molar-refractivity contribution >= 4 is 23.5 Å². The van der Waals surface area contributed by atoms with Gasteiger partial charge in [0.15, 0.2) is 0 Å². The maximum Gasteiger partial charge on any atom is 0.272 e. The zero-order valence-electron chi connectivity index (χ0n) is 11.3. The first kappa shape index (κ1) is 13.1. The third kappa shape index (κ3) is 2.67. The monoisotopic (exact) mass is 288 g/mol. The number of carbonyl (C=O) groups is 1. The minimum Gasteiger partial charge on any atom is -0.472 e. The quantitative estimate of drug-likeness (QED) is 0.696. The summed E-state index contributed by atoms with van der Waals surface area (Å²) < 4.78 is 4.93. The van der Waals surface area contributed by atoms with E-state index in [1.807, 2.05) is 5.38 Å². The van der Waals surface area contributed by atoms with Crippen molar-refractivity contribution in [3.8, 4) is 0 Å². The average Bonchev–Trinajstić information content (AvgIpc) is 3.07. The van der Waals surface area contributed by atoms with E-state index in [0.29, 0.717) is 0 Å². The number of hydrogen-bond donors (Lipinski definition) is 1. The van der Waals surface area contributed by atoms with Crippen LogP contribution in [0.5, 0.6) is 0 Å². The molecule has 0 aromatic carbocycles. The smallest absolute Gasteiger partial charge is 0.272 e. The van der Waals surface area contributed by atoms with Crippen LogP contribution in [0.1, 0.15) is 39.7 Å². The molecule has 3 rings (SSSR count). The summed E-state index contributed by atoms with van der Waals surface area (Å²) in [6, 6.07) is 1.78. The second kappa shape index (κ2) is 5.63. The average molecular weight is 288 g/mol. The molecule has 1 aliphatic carbocycles. The molecule has 1 unspecified atom stereocenters. The maximum atomic E-state index is 12.1. The molecule has 5 heteroatoms. The topological polar surface area (TPSA) is 54.6 Å². The summed E-state index contributed by atoms with van der Waals surface area (Å²) in [5, 5.41) is 5.90. The van der Waals surface area contributed by atoms with Crippen LogP contribution in [0.3, 0.4) is 0 Å². The number of fused-ring (bicyclic) bond motifs is 1. The number of amides is 1. The summed E-state index contributed by atoms with van der Waals surface area (Å²) in [6.07, 6.45) is 7.95. The van der Waals surface area contributed by atoms with Gasteiger partial charge in [-0.25, -0.2) is 5.43 Å². The molecule has 1 atom stereocenters. The molecule has 0 saturated heterocycles. The highest BCUT2D eigenvalue weighted by Crippen LogP contribution is 2.32. The van der Waals surface area contributed by atoms with Crippen LogP contribution in [-0.2, 0) is 12.8 Å². The van der Waals surface area contributed by atoms with Crippen LogP contribution >= 0.6 is 11.3 Å². The Balaban J connectivity index is 1.69. The van der Waals surface area contributed by atoms with Gasteiger partial charge in [0, 0.05) is 15.8 Å². The number of rotatable bonds is 3. The normalized spacial score (nSPS) is 18.1. The predicted molar refractivity (Wildman–Crippen MR) is 79.3 cm³/mol. The zero-order chi connectivity index (χ0) is 13.9. The van der Waals surface area contributed by atoms with Gasteiger partial charge in [0.05, 0.1) is 24.3 Å². The van der Waals surface area contributed by atoms with Gasteiger partial charge < -0.3 is 4.42 Å². The minimum atomic E-state index is -0.128. The van der Waals surface area contributed by atoms with Crippen molar-refractivity contribution in [1.29, 1.82) is 0 Å². The molecule has 20 heavy (non-hydrogen) atoms. The van der Waals surface area contributed by atoms with Gasteiger partial charge >= 0.3 is 0 Å². The van der Waals surface area contributed by atoms with Crippen LogP contribution in [0, 0.1) is 5.92 Å².